The lowest BCUT2D eigenvalue weighted by Crippen LogP contribution is -2.34. The van der Waals surface area contributed by atoms with Crippen LogP contribution in [0.3, 0.4) is 0 Å². The van der Waals surface area contributed by atoms with Crippen LogP contribution in [0.4, 0.5) is 4.79 Å². The molecular formula is C22H29NO5. The van der Waals surface area contributed by atoms with E-state index in [1.165, 1.54) is 0 Å². The molecule has 0 saturated carbocycles. The standard InChI is InChI=1S/C22H29NO5/c1-5-6-12-27-20(24)18-8-7-17-15-19(10-9-16(17)14-18)26-13-11-23-21(25)28-22(2,3)4/h7-10,14-15H,5-6,11-13H2,1-4H3,(H,23,25). The molecule has 152 valence electrons. The van der Waals surface area contributed by atoms with Crippen molar-refractivity contribution in [2.24, 2.45) is 0 Å². The molecule has 0 aliphatic carbocycles. The Morgan fingerprint density at radius 3 is 2.43 bits per heavy atom. The molecule has 28 heavy (non-hydrogen) atoms. The van der Waals surface area contributed by atoms with Crippen LogP contribution in [0, 0.1) is 0 Å². The Balaban J connectivity index is 1.87. The summed E-state index contributed by atoms with van der Waals surface area (Å²) in [4.78, 5) is 23.6. The van der Waals surface area contributed by atoms with Crippen LogP contribution < -0.4 is 10.1 Å². The average molecular weight is 387 g/mol. The van der Waals surface area contributed by atoms with Crippen molar-refractivity contribution in [1.82, 2.24) is 5.32 Å². The second-order valence-electron chi connectivity index (χ2n) is 7.49. The molecule has 1 amide bonds. The second kappa shape index (κ2) is 9.97. The van der Waals surface area contributed by atoms with Crippen LogP contribution in [-0.4, -0.2) is 37.4 Å². The normalized spacial score (nSPS) is 11.1. The first-order valence-electron chi connectivity index (χ1n) is 9.59. The zero-order chi connectivity index (χ0) is 20.6. The fourth-order valence-corrected chi connectivity index (χ4v) is 2.47. The van der Waals surface area contributed by atoms with Gasteiger partial charge in [0.1, 0.15) is 18.0 Å². The largest absolute Gasteiger partial charge is 0.492 e. The number of hydrogen-bond acceptors (Lipinski definition) is 5. The van der Waals surface area contributed by atoms with E-state index in [9.17, 15) is 9.59 Å². The Morgan fingerprint density at radius 1 is 1.00 bits per heavy atom. The van der Waals surface area contributed by atoms with E-state index in [1.807, 2.05) is 51.1 Å². The summed E-state index contributed by atoms with van der Waals surface area (Å²) in [5, 5.41) is 4.55. The molecule has 6 heteroatoms. The molecule has 6 nitrogen and oxygen atoms in total. The van der Waals surface area contributed by atoms with Gasteiger partial charge in [0.2, 0.25) is 0 Å². The summed E-state index contributed by atoms with van der Waals surface area (Å²) in [6.07, 6.45) is 1.39. The number of esters is 1. The fourth-order valence-electron chi connectivity index (χ4n) is 2.47. The highest BCUT2D eigenvalue weighted by atomic mass is 16.6. The van der Waals surface area contributed by atoms with E-state index in [-0.39, 0.29) is 5.97 Å². The highest BCUT2D eigenvalue weighted by Gasteiger charge is 2.15. The molecule has 0 aromatic heterocycles. The van der Waals surface area contributed by atoms with Crippen molar-refractivity contribution in [1.29, 1.82) is 0 Å². The Hall–Kier alpha value is -2.76. The number of hydrogen-bond donors (Lipinski definition) is 1. The van der Waals surface area contributed by atoms with Crippen molar-refractivity contribution >= 4 is 22.8 Å². The molecule has 0 saturated heterocycles. The SMILES string of the molecule is CCCCOC(=O)c1ccc2cc(OCCNC(=O)OC(C)(C)C)ccc2c1. The number of unbranched alkanes of at least 4 members (excludes halogenated alkanes) is 1. The van der Waals surface area contributed by atoms with Gasteiger partial charge in [-0.25, -0.2) is 9.59 Å². The monoisotopic (exact) mass is 387 g/mol. The van der Waals surface area contributed by atoms with E-state index in [0.29, 0.717) is 31.1 Å². The van der Waals surface area contributed by atoms with Gasteiger partial charge in [0, 0.05) is 0 Å². The maximum absolute atomic E-state index is 12.1. The van der Waals surface area contributed by atoms with Crippen LogP contribution >= 0.6 is 0 Å². The zero-order valence-electron chi connectivity index (χ0n) is 17.0. The van der Waals surface area contributed by atoms with Gasteiger partial charge >= 0.3 is 12.1 Å². The number of carbonyl (C=O) groups excluding carboxylic acids is 2. The van der Waals surface area contributed by atoms with Gasteiger partial charge in [0.05, 0.1) is 18.7 Å². The van der Waals surface area contributed by atoms with Crippen molar-refractivity contribution in [2.75, 3.05) is 19.8 Å². The molecule has 2 aromatic rings. The van der Waals surface area contributed by atoms with Gasteiger partial charge in [0.15, 0.2) is 0 Å². The van der Waals surface area contributed by atoms with Crippen molar-refractivity contribution < 1.29 is 23.8 Å². The smallest absolute Gasteiger partial charge is 0.407 e. The van der Waals surface area contributed by atoms with Gasteiger partial charge in [-0.3, -0.25) is 0 Å². The molecule has 0 heterocycles. The van der Waals surface area contributed by atoms with Gasteiger partial charge < -0.3 is 19.5 Å². The summed E-state index contributed by atoms with van der Waals surface area (Å²) in [5.41, 5.74) is 0.0173. The minimum Gasteiger partial charge on any atom is -0.492 e. The molecule has 2 aromatic carbocycles. The van der Waals surface area contributed by atoms with Crippen molar-refractivity contribution in [3.05, 3.63) is 42.0 Å². The van der Waals surface area contributed by atoms with E-state index >= 15 is 0 Å². The lowest BCUT2D eigenvalue weighted by Gasteiger charge is -2.19. The molecule has 0 aliphatic rings. The number of alkyl carbamates (subject to hydrolysis) is 1. The number of carbonyl (C=O) groups is 2. The van der Waals surface area contributed by atoms with Gasteiger partial charge in [-0.1, -0.05) is 25.5 Å². The third-order valence-corrected chi connectivity index (χ3v) is 3.82. The summed E-state index contributed by atoms with van der Waals surface area (Å²) < 4.78 is 16.1. The number of benzene rings is 2. The molecule has 0 fully saturated rings. The molecule has 0 atom stereocenters. The summed E-state index contributed by atoms with van der Waals surface area (Å²) in [5.74, 6) is 0.389. The predicted molar refractivity (Wildman–Crippen MR) is 109 cm³/mol. The first-order valence-corrected chi connectivity index (χ1v) is 9.59. The number of rotatable bonds is 8. The first-order chi connectivity index (χ1) is 13.3. The average Bonchev–Trinajstić information content (AvgIpc) is 2.63. The summed E-state index contributed by atoms with van der Waals surface area (Å²) in [6, 6.07) is 11.1. The van der Waals surface area contributed by atoms with Crippen molar-refractivity contribution in [3.8, 4) is 5.75 Å². The summed E-state index contributed by atoms with van der Waals surface area (Å²) in [7, 11) is 0. The van der Waals surface area contributed by atoms with E-state index in [0.717, 1.165) is 23.6 Å². The van der Waals surface area contributed by atoms with Crippen LogP contribution in [0.2, 0.25) is 0 Å². The molecule has 0 spiro atoms. The molecule has 0 unspecified atom stereocenters. The maximum Gasteiger partial charge on any atom is 0.407 e. The number of ether oxygens (including phenoxy) is 3. The highest BCUT2D eigenvalue weighted by molar-refractivity contribution is 5.95. The molecular weight excluding hydrogens is 358 g/mol. The fraction of sp³-hybridized carbons (Fsp3) is 0.455. The Bertz CT molecular complexity index is 810. The van der Waals surface area contributed by atoms with Gasteiger partial charge in [0.25, 0.3) is 0 Å². The van der Waals surface area contributed by atoms with E-state index in [2.05, 4.69) is 12.2 Å². The summed E-state index contributed by atoms with van der Waals surface area (Å²) >= 11 is 0. The minimum atomic E-state index is -0.523. The maximum atomic E-state index is 12.1. The van der Waals surface area contributed by atoms with E-state index in [1.54, 1.807) is 6.07 Å². The Labute approximate surface area is 166 Å². The third-order valence-electron chi connectivity index (χ3n) is 3.82. The molecule has 0 bridgehead atoms. The Morgan fingerprint density at radius 2 is 1.71 bits per heavy atom. The number of fused-ring (bicyclic) bond motifs is 1. The minimum absolute atomic E-state index is 0.302. The van der Waals surface area contributed by atoms with Gasteiger partial charge in [-0.15, -0.1) is 0 Å². The van der Waals surface area contributed by atoms with Gasteiger partial charge in [-0.05, 0) is 62.2 Å². The van der Waals surface area contributed by atoms with Crippen LogP contribution in [0.5, 0.6) is 5.75 Å². The van der Waals surface area contributed by atoms with E-state index in [4.69, 9.17) is 14.2 Å². The molecule has 0 aliphatic heterocycles. The molecule has 0 radical (unpaired) electrons. The van der Waals surface area contributed by atoms with Gasteiger partial charge in [-0.2, -0.15) is 0 Å². The van der Waals surface area contributed by atoms with Crippen LogP contribution in [0.1, 0.15) is 50.9 Å². The van der Waals surface area contributed by atoms with Crippen LogP contribution in [-0.2, 0) is 9.47 Å². The van der Waals surface area contributed by atoms with Crippen molar-refractivity contribution in [2.45, 2.75) is 46.1 Å². The molecule has 1 N–H and O–H groups in total. The van der Waals surface area contributed by atoms with Crippen LogP contribution in [0.25, 0.3) is 10.8 Å². The lowest BCUT2D eigenvalue weighted by atomic mass is 10.1. The topological polar surface area (TPSA) is 73.9 Å². The third kappa shape index (κ3) is 7.10. The first kappa shape index (κ1) is 21.5. The molecule has 2 rings (SSSR count). The van der Waals surface area contributed by atoms with Crippen molar-refractivity contribution in [3.63, 3.8) is 0 Å². The second-order valence-corrected chi connectivity index (χ2v) is 7.49. The lowest BCUT2D eigenvalue weighted by molar-refractivity contribution is 0.0495. The number of nitrogens with one attached hydrogen (secondary N) is 1. The van der Waals surface area contributed by atoms with E-state index < -0.39 is 11.7 Å². The summed E-state index contributed by atoms with van der Waals surface area (Å²) in [6.45, 7) is 8.61. The quantitative estimate of drug-likeness (QED) is 0.525. The van der Waals surface area contributed by atoms with Crippen LogP contribution in [0.15, 0.2) is 36.4 Å². The number of amides is 1. The predicted octanol–water partition coefficient (Wildman–Crippen LogP) is 4.70. The highest BCUT2D eigenvalue weighted by Crippen LogP contribution is 2.22. The Kier molecular flexibility index (Phi) is 7.67. The zero-order valence-corrected chi connectivity index (χ0v) is 17.0.